The summed E-state index contributed by atoms with van der Waals surface area (Å²) in [5.74, 6) is 0.907. The van der Waals surface area contributed by atoms with E-state index < -0.39 is 0 Å². The highest BCUT2D eigenvalue weighted by molar-refractivity contribution is 7.98. The fourth-order valence-electron chi connectivity index (χ4n) is 2.92. The lowest BCUT2D eigenvalue weighted by Crippen LogP contribution is -1.92. The number of fused-ring (bicyclic) bond motifs is 1. The summed E-state index contributed by atoms with van der Waals surface area (Å²) in [7, 11) is 0. The summed E-state index contributed by atoms with van der Waals surface area (Å²) < 4.78 is 1.93. The van der Waals surface area contributed by atoms with E-state index in [1.165, 1.54) is 22.3 Å². The quantitative estimate of drug-likeness (QED) is 0.470. The molecule has 2 heterocycles. The number of rotatable bonds is 4. The minimum atomic E-state index is 0.907. The van der Waals surface area contributed by atoms with Crippen molar-refractivity contribution in [1.82, 2.24) is 14.6 Å². The zero-order valence-corrected chi connectivity index (χ0v) is 15.1. The van der Waals surface area contributed by atoms with E-state index in [4.69, 9.17) is 5.10 Å². The van der Waals surface area contributed by atoms with Crippen LogP contribution in [0.3, 0.4) is 0 Å². The molecule has 0 aliphatic rings. The van der Waals surface area contributed by atoms with Crippen molar-refractivity contribution in [3.8, 4) is 11.3 Å². The average molecular weight is 345 g/mol. The van der Waals surface area contributed by atoms with Crippen LogP contribution in [0.1, 0.15) is 16.7 Å². The lowest BCUT2D eigenvalue weighted by atomic mass is 10.1. The predicted molar refractivity (Wildman–Crippen MR) is 104 cm³/mol. The Bertz CT molecular complexity index is 1040. The van der Waals surface area contributed by atoms with Gasteiger partial charge in [0.15, 0.2) is 0 Å². The first-order chi connectivity index (χ1) is 12.2. The van der Waals surface area contributed by atoms with Crippen LogP contribution >= 0.6 is 11.8 Å². The smallest absolute Gasteiger partial charge is 0.122 e. The third-order valence-corrected chi connectivity index (χ3v) is 5.44. The Kier molecular flexibility index (Phi) is 4.28. The van der Waals surface area contributed by atoms with Crippen LogP contribution < -0.4 is 0 Å². The molecule has 2 aromatic heterocycles. The van der Waals surface area contributed by atoms with Gasteiger partial charge in [-0.1, -0.05) is 60.3 Å². The Hall–Kier alpha value is -2.59. The number of aromatic nitrogens is 3. The van der Waals surface area contributed by atoms with Crippen LogP contribution in [0.25, 0.3) is 16.8 Å². The van der Waals surface area contributed by atoms with Gasteiger partial charge in [-0.25, -0.2) is 9.50 Å². The summed E-state index contributed by atoms with van der Waals surface area (Å²) in [5.41, 5.74) is 7.10. The van der Waals surface area contributed by atoms with Crippen LogP contribution in [0.4, 0.5) is 0 Å². The van der Waals surface area contributed by atoms with Crippen LogP contribution in [0.5, 0.6) is 0 Å². The highest BCUT2D eigenvalue weighted by Crippen LogP contribution is 2.29. The second-order valence-corrected chi connectivity index (χ2v) is 7.09. The third-order valence-electron chi connectivity index (χ3n) is 4.40. The Morgan fingerprint density at radius 1 is 0.960 bits per heavy atom. The Labute approximate surface area is 151 Å². The van der Waals surface area contributed by atoms with Gasteiger partial charge < -0.3 is 0 Å². The van der Waals surface area contributed by atoms with E-state index in [2.05, 4.69) is 73.4 Å². The standard InChI is InChI=1S/C21H19N3S/c1-15-7-3-5-9-17(15)14-25-21-20-13-19(23-24(20)12-11-22-21)18-10-6-4-8-16(18)2/h3-13H,14H2,1-2H3. The first-order valence-corrected chi connectivity index (χ1v) is 9.28. The van der Waals surface area contributed by atoms with Crippen molar-refractivity contribution in [2.24, 2.45) is 0 Å². The van der Waals surface area contributed by atoms with E-state index in [9.17, 15) is 0 Å². The first kappa shape index (κ1) is 15.9. The molecule has 0 aliphatic carbocycles. The summed E-state index contributed by atoms with van der Waals surface area (Å²) in [4.78, 5) is 4.58. The predicted octanol–water partition coefficient (Wildman–Crippen LogP) is 5.31. The monoisotopic (exact) mass is 345 g/mol. The molecule has 3 nitrogen and oxygen atoms in total. The molecule has 4 rings (SSSR count). The van der Waals surface area contributed by atoms with Gasteiger partial charge in [-0.2, -0.15) is 5.10 Å². The SMILES string of the molecule is Cc1ccccc1CSc1nccn2nc(-c3ccccc3C)cc12. The van der Waals surface area contributed by atoms with Crippen LogP contribution in [-0.2, 0) is 5.75 Å². The normalized spacial score (nSPS) is 11.1. The van der Waals surface area contributed by atoms with Gasteiger partial charge in [-0.15, -0.1) is 0 Å². The lowest BCUT2D eigenvalue weighted by molar-refractivity contribution is 0.920. The maximum atomic E-state index is 4.74. The van der Waals surface area contributed by atoms with Crippen molar-refractivity contribution in [2.75, 3.05) is 0 Å². The molecule has 0 N–H and O–H groups in total. The van der Waals surface area contributed by atoms with Gasteiger partial charge in [0.05, 0.1) is 11.2 Å². The molecule has 0 fully saturated rings. The minimum absolute atomic E-state index is 0.907. The first-order valence-electron chi connectivity index (χ1n) is 8.30. The van der Waals surface area contributed by atoms with Crippen molar-refractivity contribution in [3.63, 3.8) is 0 Å². The minimum Gasteiger partial charge on any atom is -0.246 e. The molecule has 0 saturated heterocycles. The van der Waals surface area contributed by atoms with Gasteiger partial charge in [-0.05, 0) is 36.6 Å². The maximum Gasteiger partial charge on any atom is 0.122 e. The number of nitrogens with zero attached hydrogens (tertiary/aromatic N) is 3. The van der Waals surface area contributed by atoms with E-state index in [0.717, 1.165) is 22.0 Å². The van der Waals surface area contributed by atoms with E-state index in [-0.39, 0.29) is 0 Å². The molecule has 124 valence electrons. The summed E-state index contributed by atoms with van der Waals surface area (Å²) in [6.45, 7) is 4.27. The summed E-state index contributed by atoms with van der Waals surface area (Å²) >= 11 is 1.76. The topological polar surface area (TPSA) is 30.2 Å². The van der Waals surface area contributed by atoms with Crippen LogP contribution in [0.15, 0.2) is 72.0 Å². The average Bonchev–Trinajstić information content (AvgIpc) is 3.06. The molecule has 0 atom stereocenters. The van der Waals surface area contributed by atoms with E-state index in [0.29, 0.717) is 0 Å². The van der Waals surface area contributed by atoms with E-state index in [1.54, 1.807) is 11.8 Å². The number of hydrogen-bond acceptors (Lipinski definition) is 3. The molecule has 2 aromatic carbocycles. The fraction of sp³-hybridized carbons (Fsp3) is 0.143. The van der Waals surface area contributed by atoms with Gasteiger partial charge in [0.25, 0.3) is 0 Å². The molecule has 0 bridgehead atoms. The zero-order chi connectivity index (χ0) is 17.2. The third kappa shape index (κ3) is 3.17. The van der Waals surface area contributed by atoms with Gasteiger partial charge in [0.2, 0.25) is 0 Å². The van der Waals surface area contributed by atoms with Crippen molar-refractivity contribution in [1.29, 1.82) is 0 Å². The number of aryl methyl sites for hydroxylation is 2. The van der Waals surface area contributed by atoms with Crippen LogP contribution in [0, 0.1) is 13.8 Å². The van der Waals surface area contributed by atoms with Gasteiger partial charge in [0.1, 0.15) is 5.03 Å². The van der Waals surface area contributed by atoms with Gasteiger partial charge in [0, 0.05) is 23.7 Å². The molecule has 4 aromatic rings. The second kappa shape index (κ2) is 6.73. The van der Waals surface area contributed by atoms with Crippen molar-refractivity contribution in [2.45, 2.75) is 24.6 Å². The van der Waals surface area contributed by atoms with Crippen LogP contribution in [0.2, 0.25) is 0 Å². The number of thioether (sulfide) groups is 1. The van der Waals surface area contributed by atoms with E-state index in [1.807, 2.05) is 16.9 Å². The molecule has 0 amide bonds. The van der Waals surface area contributed by atoms with Gasteiger partial charge in [-0.3, -0.25) is 0 Å². The van der Waals surface area contributed by atoms with Gasteiger partial charge >= 0.3 is 0 Å². The molecular weight excluding hydrogens is 326 g/mol. The highest BCUT2D eigenvalue weighted by atomic mass is 32.2. The van der Waals surface area contributed by atoms with E-state index >= 15 is 0 Å². The van der Waals surface area contributed by atoms with Crippen molar-refractivity contribution >= 4 is 17.3 Å². The fourth-order valence-corrected chi connectivity index (χ4v) is 3.97. The molecule has 0 saturated carbocycles. The highest BCUT2D eigenvalue weighted by Gasteiger charge is 2.11. The number of hydrogen-bond donors (Lipinski definition) is 0. The van der Waals surface area contributed by atoms with Crippen molar-refractivity contribution < 1.29 is 0 Å². The summed E-state index contributed by atoms with van der Waals surface area (Å²) in [6.07, 6.45) is 3.73. The largest absolute Gasteiger partial charge is 0.246 e. The lowest BCUT2D eigenvalue weighted by Gasteiger charge is -2.05. The second-order valence-electron chi connectivity index (χ2n) is 6.12. The molecule has 0 spiro atoms. The molecule has 4 heteroatoms. The molecule has 25 heavy (non-hydrogen) atoms. The molecule has 0 unspecified atom stereocenters. The van der Waals surface area contributed by atoms with Crippen LogP contribution in [-0.4, -0.2) is 14.6 Å². The molecule has 0 aliphatic heterocycles. The Morgan fingerprint density at radius 3 is 2.52 bits per heavy atom. The number of benzene rings is 2. The molecular formula is C21H19N3S. The summed E-state index contributed by atoms with van der Waals surface area (Å²) in [6, 6.07) is 19.0. The van der Waals surface area contributed by atoms with Crippen molar-refractivity contribution in [3.05, 3.63) is 83.7 Å². The summed E-state index contributed by atoms with van der Waals surface area (Å²) in [5, 5.41) is 5.75. The molecule has 0 radical (unpaired) electrons. The Balaban J connectivity index is 1.69. The maximum absolute atomic E-state index is 4.74. The Morgan fingerprint density at radius 2 is 1.72 bits per heavy atom. The zero-order valence-electron chi connectivity index (χ0n) is 14.3.